The van der Waals surface area contributed by atoms with E-state index in [-0.39, 0.29) is 18.2 Å². The van der Waals surface area contributed by atoms with Gasteiger partial charge in [-0.2, -0.15) is 0 Å². The molecule has 16 heavy (non-hydrogen) atoms. The number of benzene rings is 1. The second-order valence-electron chi connectivity index (χ2n) is 4.42. The molecule has 2 nitrogen and oxygen atoms in total. The highest BCUT2D eigenvalue weighted by Crippen LogP contribution is 2.21. The Balaban J connectivity index is 2.73. The first-order valence-corrected chi connectivity index (χ1v) is 6.11. The van der Waals surface area contributed by atoms with E-state index in [1.807, 2.05) is 18.2 Å². The molecule has 0 aliphatic heterocycles. The van der Waals surface area contributed by atoms with Gasteiger partial charge < -0.3 is 10.4 Å². The molecule has 90 valence electrons. The molecule has 2 heteroatoms. The molecule has 1 aromatic carbocycles. The van der Waals surface area contributed by atoms with Gasteiger partial charge in [-0.05, 0) is 25.3 Å². The highest BCUT2D eigenvalue weighted by Gasteiger charge is 2.26. The molecule has 0 bridgehead atoms. The van der Waals surface area contributed by atoms with E-state index in [9.17, 15) is 5.11 Å². The van der Waals surface area contributed by atoms with Gasteiger partial charge in [0.2, 0.25) is 0 Å². The molecule has 0 radical (unpaired) electrons. The molecular formula is C14H23NO. The Morgan fingerprint density at radius 3 is 2.19 bits per heavy atom. The molecule has 1 rings (SSSR count). The van der Waals surface area contributed by atoms with E-state index in [4.69, 9.17) is 0 Å². The SMILES string of the molecule is CCC(CC)(CO)NC(C)c1ccccc1. The molecule has 0 aliphatic carbocycles. The summed E-state index contributed by atoms with van der Waals surface area (Å²) in [5, 5.41) is 13.1. The zero-order valence-electron chi connectivity index (χ0n) is 10.5. The first-order chi connectivity index (χ1) is 7.67. The summed E-state index contributed by atoms with van der Waals surface area (Å²) in [4.78, 5) is 0. The van der Waals surface area contributed by atoms with Crippen molar-refractivity contribution in [1.82, 2.24) is 5.32 Å². The summed E-state index contributed by atoms with van der Waals surface area (Å²) >= 11 is 0. The minimum Gasteiger partial charge on any atom is -0.394 e. The fourth-order valence-corrected chi connectivity index (χ4v) is 2.01. The van der Waals surface area contributed by atoms with Crippen LogP contribution in [0, 0.1) is 0 Å². The molecule has 0 fully saturated rings. The van der Waals surface area contributed by atoms with Gasteiger partial charge in [0.1, 0.15) is 0 Å². The molecular weight excluding hydrogens is 198 g/mol. The lowest BCUT2D eigenvalue weighted by Crippen LogP contribution is -2.48. The van der Waals surface area contributed by atoms with E-state index in [2.05, 4.69) is 38.2 Å². The van der Waals surface area contributed by atoms with Crippen LogP contribution in [0.4, 0.5) is 0 Å². The number of rotatable bonds is 6. The zero-order chi connectivity index (χ0) is 12.0. The van der Waals surface area contributed by atoms with Gasteiger partial charge >= 0.3 is 0 Å². The Morgan fingerprint density at radius 2 is 1.75 bits per heavy atom. The molecule has 1 atom stereocenters. The molecule has 1 aromatic rings. The largest absolute Gasteiger partial charge is 0.394 e. The van der Waals surface area contributed by atoms with Crippen molar-refractivity contribution in [1.29, 1.82) is 0 Å². The van der Waals surface area contributed by atoms with Crippen LogP contribution in [0.25, 0.3) is 0 Å². The first-order valence-electron chi connectivity index (χ1n) is 6.11. The van der Waals surface area contributed by atoms with Gasteiger partial charge in [0.15, 0.2) is 0 Å². The third-order valence-corrected chi connectivity index (χ3v) is 3.48. The summed E-state index contributed by atoms with van der Waals surface area (Å²) in [5.74, 6) is 0. The topological polar surface area (TPSA) is 32.3 Å². The van der Waals surface area contributed by atoms with Crippen molar-refractivity contribution in [2.24, 2.45) is 0 Å². The monoisotopic (exact) mass is 221 g/mol. The van der Waals surface area contributed by atoms with Gasteiger partial charge in [0, 0.05) is 11.6 Å². The fraction of sp³-hybridized carbons (Fsp3) is 0.571. The Morgan fingerprint density at radius 1 is 1.19 bits per heavy atom. The normalized spacial score (nSPS) is 13.8. The second kappa shape index (κ2) is 6.02. The molecule has 0 spiro atoms. The maximum atomic E-state index is 9.51. The van der Waals surface area contributed by atoms with E-state index in [1.165, 1.54) is 5.56 Å². The molecule has 1 unspecified atom stereocenters. The minimum absolute atomic E-state index is 0.144. The van der Waals surface area contributed by atoms with E-state index in [1.54, 1.807) is 0 Å². The van der Waals surface area contributed by atoms with E-state index in [0.29, 0.717) is 0 Å². The van der Waals surface area contributed by atoms with Crippen LogP contribution in [0.3, 0.4) is 0 Å². The summed E-state index contributed by atoms with van der Waals surface area (Å²) in [7, 11) is 0. The maximum absolute atomic E-state index is 9.51. The molecule has 0 aliphatic rings. The van der Waals surface area contributed by atoms with Crippen LogP contribution in [-0.2, 0) is 0 Å². The average Bonchev–Trinajstić information content (AvgIpc) is 2.37. The lowest BCUT2D eigenvalue weighted by Gasteiger charge is -2.34. The fourth-order valence-electron chi connectivity index (χ4n) is 2.01. The van der Waals surface area contributed by atoms with Crippen LogP contribution in [-0.4, -0.2) is 17.3 Å². The van der Waals surface area contributed by atoms with Crippen molar-refractivity contribution in [2.45, 2.75) is 45.2 Å². The Labute approximate surface area is 98.7 Å². The number of hydrogen-bond acceptors (Lipinski definition) is 2. The number of aliphatic hydroxyl groups excluding tert-OH is 1. The van der Waals surface area contributed by atoms with Crippen molar-refractivity contribution in [2.75, 3.05) is 6.61 Å². The molecule has 0 saturated heterocycles. The number of nitrogens with one attached hydrogen (secondary N) is 1. The maximum Gasteiger partial charge on any atom is 0.0613 e. The third kappa shape index (κ3) is 3.06. The van der Waals surface area contributed by atoms with Gasteiger partial charge in [-0.15, -0.1) is 0 Å². The minimum atomic E-state index is -0.144. The van der Waals surface area contributed by atoms with Crippen LogP contribution >= 0.6 is 0 Å². The van der Waals surface area contributed by atoms with Crippen LogP contribution in [0.1, 0.15) is 45.2 Å². The number of hydrogen-bond donors (Lipinski definition) is 2. The van der Waals surface area contributed by atoms with Gasteiger partial charge in [-0.3, -0.25) is 0 Å². The van der Waals surface area contributed by atoms with Crippen molar-refractivity contribution < 1.29 is 5.11 Å². The van der Waals surface area contributed by atoms with Crippen molar-refractivity contribution in [3.05, 3.63) is 35.9 Å². The van der Waals surface area contributed by atoms with Crippen LogP contribution in [0.5, 0.6) is 0 Å². The summed E-state index contributed by atoms with van der Waals surface area (Å²) in [6, 6.07) is 10.6. The van der Waals surface area contributed by atoms with E-state index < -0.39 is 0 Å². The first kappa shape index (κ1) is 13.2. The van der Waals surface area contributed by atoms with Crippen molar-refractivity contribution in [3.8, 4) is 0 Å². The molecule has 2 N–H and O–H groups in total. The summed E-state index contributed by atoms with van der Waals surface area (Å²) in [6.07, 6.45) is 1.88. The molecule has 0 aromatic heterocycles. The number of aliphatic hydroxyl groups is 1. The molecule has 0 heterocycles. The van der Waals surface area contributed by atoms with Crippen molar-refractivity contribution >= 4 is 0 Å². The van der Waals surface area contributed by atoms with E-state index in [0.717, 1.165) is 12.8 Å². The molecule has 0 amide bonds. The Hall–Kier alpha value is -0.860. The van der Waals surface area contributed by atoms with Gasteiger partial charge in [-0.1, -0.05) is 44.2 Å². The predicted octanol–water partition coefficient (Wildman–Crippen LogP) is 2.89. The van der Waals surface area contributed by atoms with Crippen LogP contribution < -0.4 is 5.32 Å². The summed E-state index contributed by atoms with van der Waals surface area (Å²) < 4.78 is 0. The average molecular weight is 221 g/mol. The highest BCUT2D eigenvalue weighted by molar-refractivity contribution is 5.18. The van der Waals surface area contributed by atoms with Gasteiger partial charge in [0.05, 0.1) is 6.61 Å². The summed E-state index contributed by atoms with van der Waals surface area (Å²) in [5.41, 5.74) is 1.12. The quantitative estimate of drug-likeness (QED) is 0.774. The Kier molecular flexibility index (Phi) is 4.97. The lowest BCUT2D eigenvalue weighted by atomic mass is 9.92. The second-order valence-corrected chi connectivity index (χ2v) is 4.42. The van der Waals surface area contributed by atoms with Crippen molar-refractivity contribution in [3.63, 3.8) is 0 Å². The zero-order valence-corrected chi connectivity index (χ0v) is 10.5. The van der Waals surface area contributed by atoms with Crippen LogP contribution in [0.2, 0.25) is 0 Å². The predicted molar refractivity (Wildman–Crippen MR) is 68.4 cm³/mol. The third-order valence-electron chi connectivity index (χ3n) is 3.48. The van der Waals surface area contributed by atoms with Gasteiger partial charge in [-0.25, -0.2) is 0 Å². The highest BCUT2D eigenvalue weighted by atomic mass is 16.3. The molecule has 0 saturated carbocycles. The standard InChI is InChI=1S/C14H23NO/c1-4-14(5-2,11-16)15-12(3)13-9-7-6-8-10-13/h6-10,12,15-16H,4-5,11H2,1-3H3. The van der Waals surface area contributed by atoms with Crippen LogP contribution in [0.15, 0.2) is 30.3 Å². The van der Waals surface area contributed by atoms with Gasteiger partial charge in [0.25, 0.3) is 0 Å². The lowest BCUT2D eigenvalue weighted by molar-refractivity contribution is 0.140. The van der Waals surface area contributed by atoms with E-state index >= 15 is 0 Å². The summed E-state index contributed by atoms with van der Waals surface area (Å²) in [6.45, 7) is 6.57. The smallest absolute Gasteiger partial charge is 0.0613 e. The Bertz CT molecular complexity index is 285.